The topological polar surface area (TPSA) is 85.2 Å². The zero-order chi connectivity index (χ0) is 18.1. The Bertz CT molecular complexity index is 678. The van der Waals surface area contributed by atoms with E-state index in [1.165, 1.54) is 25.5 Å². The zero-order valence-electron chi connectivity index (χ0n) is 14.9. The van der Waals surface area contributed by atoms with Crippen molar-refractivity contribution in [3.63, 3.8) is 0 Å². The first-order valence-electron chi connectivity index (χ1n) is 9.64. The van der Waals surface area contributed by atoms with Gasteiger partial charge in [0.25, 0.3) is 5.91 Å². The number of carbonyl (C=O) groups is 2. The molecule has 0 aromatic heterocycles. The minimum Gasteiger partial charge on any atom is -0.351 e. The monoisotopic (exact) mass is 358 g/mol. The molecule has 7 nitrogen and oxygen atoms in total. The Labute approximate surface area is 153 Å². The highest BCUT2D eigenvalue weighted by Crippen LogP contribution is 2.37. The molecule has 0 radical (unpaired) electrons. The van der Waals surface area contributed by atoms with Crippen molar-refractivity contribution in [2.45, 2.75) is 57.0 Å². The molecular formula is C19H26N4O3. The number of carbonyl (C=O) groups excluding carboxylic acids is 2. The smallest absolute Gasteiger partial charge is 0.276 e. The number of amidine groups is 1. The number of nitrogens with one attached hydrogen (secondary N) is 1. The van der Waals surface area contributed by atoms with Gasteiger partial charge in [-0.25, -0.2) is 10.5 Å². The van der Waals surface area contributed by atoms with E-state index in [0.29, 0.717) is 23.6 Å². The van der Waals surface area contributed by atoms with Crippen LogP contribution < -0.4 is 5.48 Å². The fourth-order valence-corrected chi connectivity index (χ4v) is 4.48. The van der Waals surface area contributed by atoms with Crippen molar-refractivity contribution in [1.29, 1.82) is 0 Å². The van der Waals surface area contributed by atoms with Gasteiger partial charge in [0, 0.05) is 31.6 Å². The molecule has 4 rings (SSSR count). The van der Waals surface area contributed by atoms with Crippen LogP contribution in [0.1, 0.15) is 44.9 Å². The molecule has 2 saturated heterocycles. The molecule has 2 atom stereocenters. The Kier molecular flexibility index (Phi) is 4.80. The Morgan fingerprint density at radius 2 is 1.96 bits per heavy atom. The Morgan fingerprint density at radius 3 is 2.65 bits per heavy atom. The summed E-state index contributed by atoms with van der Waals surface area (Å²) in [6, 6.07) is 0.700. The highest BCUT2D eigenvalue weighted by atomic mass is 16.5. The summed E-state index contributed by atoms with van der Waals surface area (Å²) in [6.45, 7) is 1.63. The molecule has 2 N–H and O–H groups in total. The summed E-state index contributed by atoms with van der Waals surface area (Å²) in [6.07, 6.45) is 12.5. The van der Waals surface area contributed by atoms with Gasteiger partial charge < -0.3 is 9.80 Å². The zero-order valence-corrected chi connectivity index (χ0v) is 14.9. The van der Waals surface area contributed by atoms with E-state index >= 15 is 0 Å². The Balaban J connectivity index is 1.37. The maximum absolute atomic E-state index is 12.7. The second-order valence-electron chi connectivity index (χ2n) is 7.62. The lowest BCUT2D eigenvalue weighted by molar-refractivity contribution is -0.162. The maximum Gasteiger partial charge on any atom is 0.276 e. The predicted octanol–water partition coefficient (Wildman–Crippen LogP) is 1.60. The molecule has 0 bridgehead atoms. The number of likely N-dealkylation sites (tertiary alicyclic amines) is 2. The van der Waals surface area contributed by atoms with Crippen LogP contribution in [0.4, 0.5) is 0 Å². The SMILES string of the molecule is O=C(NO)C1=C/N=C(N2CC3[C@H]2CN3C(=O)C2CCCCC2)CC/C=C\1. The first kappa shape index (κ1) is 17.3. The summed E-state index contributed by atoms with van der Waals surface area (Å²) in [5.74, 6) is 1.00. The van der Waals surface area contributed by atoms with E-state index in [2.05, 4.69) is 14.8 Å². The third-order valence-corrected chi connectivity index (χ3v) is 6.13. The molecule has 7 heteroatoms. The van der Waals surface area contributed by atoms with Crippen LogP contribution in [0.2, 0.25) is 0 Å². The molecule has 0 spiro atoms. The highest BCUT2D eigenvalue weighted by Gasteiger charge is 2.54. The lowest BCUT2D eigenvalue weighted by Crippen LogP contribution is -2.80. The number of fused-ring (bicyclic) bond motifs is 1. The predicted molar refractivity (Wildman–Crippen MR) is 96.4 cm³/mol. The van der Waals surface area contributed by atoms with E-state index < -0.39 is 5.91 Å². The molecular weight excluding hydrogens is 332 g/mol. The van der Waals surface area contributed by atoms with Gasteiger partial charge >= 0.3 is 0 Å². The molecule has 4 aliphatic rings. The van der Waals surface area contributed by atoms with Crippen LogP contribution in [0, 0.1) is 5.92 Å². The maximum atomic E-state index is 12.7. The van der Waals surface area contributed by atoms with Gasteiger partial charge in [-0.3, -0.25) is 14.8 Å². The van der Waals surface area contributed by atoms with E-state index in [1.807, 2.05) is 6.08 Å². The average Bonchev–Trinajstić information content (AvgIpc) is 2.64. The van der Waals surface area contributed by atoms with Crippen LogP contribution in [0.3, 0.4) is 0 Å². The first-order chi connectivity index (χ1) is 12.7. The molecule has 1 unspecified atom stereocenters. The minimum atomic E-state index is -0.555. The van der Waals surface area contributed by atoms with E-state index in [9.17, 15) is 9.59 Å². The van der Waals surface area contributed by atoms with Gasteiger partial charge in [-0.15, -0.1) is 0 Å². The van der Waals surface area contributed by atoms with Gasteiger partial charge in [0.15, 0.2) is 0 Å². The number of aliphatic imine (C=N–C) groups is 1. The molecule has 26 heavy (non-hydrogen) atoms. The van der Waals surface area contributed by atoms with Crippen molar-refractivity contribution in [3.05, 3.63) is 23.9 Å². The number of amides is 2. The van der Waals surface area contributed by atoms with Crippen LogP contribution in [-0.2, 0) is 9.59 Å². The van der Waals surface area contributed by atoms with Crippen molar-refractivity contribution in [3.8, 4) is 0 Å². The van der Waals surface area contributed by atoms with Crippen molar-refractivity contribution >= 4 is 17.6 Å². The number of allylic oxidation sites excluding steroid dienone is 1. The molecule has 2 amide bonds. The molecule has 3 fully saturated rings. The van der Waals surface area contributed by atoms with Crippen LogP contribution in [0.15, 0.2) is 28.9 Å². The summed E-state index contributed by atoms with van der Waals surface area (Å²) < 4.78 is 0. The molecule has 1 saturated carbocycles. The molecule has 1 aliphatic carbocycles. The summed E-state index contributed by atoms with van der Waals surface area (Å²) in [5, 5.41) is 8.79. The van der Waals surface area contributed by atoms with Crippen LogP contribution in [-0.4, -0.2) is 57.8 Å². The normalized spacial score (nSPS) is 31.9. The fourth-order valence-electron chi connectivity index (χ4n) is 4.48. The van der Waals surface area contributed by atoms with E-state index in [-0.39, 0.29) is 5.92 Å². The number of nitrogens with zero attached hydrogens (tertiary/aromatic N) is 3. The summed E-state index contributed by atoms with van der Waals surface area (Å²) >= 11 is 0. The minimum absolute atomic E-state index is 0.241. The lowest BCUT2D eigenvalue weighted by Gasteiger charge is -2.63. The Hall–Kier alpha value is -2.15. The standard InChI is InChI=1S/C19H26N4O3/c24-18(21-26)14-8-4-5-9-17(20-10-14)22-11-16-15(22)12-23(16)19(25)13-6-2-1-3-7-13/h4,8,10,13,15-16,26H,1-3,5-7,9,11-12H2,(H,21,24)/b8-4-,14-10+,20-17?/t15-,16?/m1/s1. The molecule has 0 aromatic rings. The van der Waals surface area contributed by atoms with Gasteiger partial charge in [-0.05, 0) is 19.3 Å². The van der Waals surface area contributed by atoms with Crippen molar-refractivity contribution in [1.82, 2.24) is 15.3 Å². The lowest BCUT2D eigenvalue weighted by atomic mass is 9.81. The fraction of sp³-hybridized carbons (Fsp3) is 0.632. The number of rotatable bonds is 2. The first-order valence-corrected chi connectivity index (χ1v) is 9.64. The van der Waals surface area contributed by atoms with Crippen LogP contribution >= 0.6 is 0 Å². The third kappa shape index (κ3) is 3.05. The second-order valence-corrected chi connectivity index (χ2v) is 7.62. The average molecular weight is 358 g/mol. The van der Waals surface area contributed by atoms with Crippen molar-refractivity contribution in [2.24, 2.45) is 10.9 Å². The summed E-state index contributed by atoms with van der Waals surface area (Å²) in [7, 11) is 0. The number of hydrogen-bond acceptors (Lipinski definition) is 5. The molecule has 3 aliphatic heterocycles. The van der Waals surface area contributed by atoms with Gasteiger partial charge in [0.2, 0.25) is 5.91 Å². The number of hydrogen-bond donors (Lipinski definition) is 2. The van der Waals surface area contributed by atoms with Crippen molar-refractivity contribution in [2.75, 3.05) is 13.1 Å². The van der Waals surface area contributed by atoms with Gasteiger partial charge in [0.05, 0.1) is 17.7 Å². The highest BCUT2D eigenvalue weighted by molar-refractivity contribution is 5.96. The largest absolute Gasteiger partial charge is 0.351 e. The van der Waals surface area contributed by atoms with Crippen LogP contribution in [0.25, 0.3) is 0 Å². The van der Waals surface area contributed by atoms with Gasteiger partial charge in [0.1, 0.15) is 5.84 Å². The van der Waals surface area contributed by atoms with Crippen molar-refractivity contribution < 1.29 is 14.8 Å². The third-order valence-electron chi connectivity index (χ3n) is 6.13. The molecule has 3 heterocycles. The van der Waals surface area contributed by atoms with E-state index in [0.717, 1.165) is 44.6 Å². The number of hydroxylamine groups is 1. The van der Waals surface area contributed by atoms with Gasteiger partial charge in [-0.2, -0.15) is 0 Å². The van der Waals surface area contributed by atoms with E-state index in [1.54, 1.807) is 11.6 Å². The number of piperazine rings is 1. The quantitative estimate of drug-likeness (QED) is 0.580. The van der Waals surface area contributed by atoms with Gasteiger partial charge in [-0.1, -0.05) is 31.4 Å². The Morgan fingerprint density at radius 1 is 1.15 bits per heavy atom. The van der Waals surface area contributed by atoms with Crippen LogP contribution in [0.5, 0.6) is 0 Å². The summed E-state index contributed by atoms with van der Waals surface area (Å²) in [5.41, 5.74) is 1.98. The second kappa shape index (κ2) is 7.23. The molecule has 0 aromatic carbocycles. The summed E-state index contributed by atoms with van der Waals surface area (Å²) in [4.78, 5) is 33.1. The van der Waals surface area contributed by atoms with E-state index in [4.69, 9.17) is 5.21 Å². The molecule has 140 valence electrons.